The minimum atomic E-state index is -0.827. The SMILES string of the molecule is C[C@H](C(=O)O)c1ccc2nc(N)sc2c1. The van der Waals surface area contributed by atoms with E-state index < -0.39 is 11.9 Å². The van der Waals surface area contributed by atoms with Crippen molar-refractivity contribution in [2.75, 3.05) is 5.73 Å². The smallest absolute Gasteiger partial charge is 0.310 e. The number of carbonyl (C=O) groups is 1. The number of nitrogens with two attached hydrogens (primary N) is 1. The van der Waals surface area contributed by atoms with Crippen LogP contribution in [0.3, 0.4) is 0 Å². The molecular weight excluding hydrogens is 212 g/mol. The fraction of sp³-hybridized carbons (Fsp3) is 0.200. The Morgan fingerprint density at radius 1 is 1.60 bits per heavy atom. The molecular formula is C10H10N2O2S. The first-order valence-electron chi connectivity index (χ1n) is 4.46. The second-order valence-electron chi connectivity index (χ2n) is 3.34. The van der Waals surface area contributed by atoms with E-state index in [-0.39, 0.29) is 0 Å². The molecule has 0 spiro atoms. The van der Waals surface area contributed by atoms with Gasteiger partial charge in [-0.1, -0.05) is 17.4 Å². The van der Waals surface area contributed by atoms with Gasteiger partial charge in [0.1, 0.15) is 0 Å². The zero-order valence-corrected chi connectivity index (χ0v) is 8.91. The topological polar surface area (TPSA) is 76.2 Å². The van der Waals surface area contributed by atoms with Crippen LogP contribution < -0.4 is 5.73 Å². The Morgan fingerprint density at radius 2 is 2.33 bits per heavy atom. The Labute approximate surface area is 90.4 Å². The Hall–Kier alpha value is -1.62. The summed E-state index contributed by atoms with van der Waals surface area (Å²) < 4.78 is 0.929. The lowest BCUT2D eigenvalue weighted by atomic mass is 10.0. The molecule has 2 rings (SSSR count). The fourth-order valence-corrected chi connectivity index (χ4v) is 2.15. The molecule has 1 heterocycles. The summed E-state index contributed by atoms with van der Waals surface area (Å²) in [6.07, 6.45) is 0. The predicted octanol–water partition coefficient (Wildman–Crippen LogP) is 2.07. The first-order valence-corrected chi connectivity index (χ1v) is 5.28. The molecule has 0 radical (unpaired) electrons. The average molecular weight is 222 g/mol. The second kappa shape index (κ2) is 3.51. The van der Waals surface area contributed by atoms with Crippen molar-refractivity contribution in [1.82, 2.24) is 4.98 Å². The highest BCUT2D eigenvalue weighted by Gasteiger charge is 2.14. The summed E-state index contributed by atoms with van der Waals surface area (Å²) >= 11 is 1.37. The molecule has 0 aliphatic carbocycles. The van der Waals surface area contributed by atoms with E-state index in [0.29, 0.717) is 5.13 Å². The van der Waals surface area contributed by atoms with Crippen molar-refractivity contribution in [3.63, 3.8) is 0 Å². The first-order chi connectivity index (χ1) is 7.08. The van der Waals surface area contributed by atoms with E-state index in [2.05, 4.69) is 4.98 Å². The van der Waals surface area contributed by atoms with E-state index in [0.717, 1.165) is 15.8 Å². The van der Waals surface area contributed by atoms with Gasteiger partial charge in [0, 0.05) is 0 Å². The van der Waals surface area contributed by atoms with Crippen LogP contribution in [0.2, 0.25) is 0 Å². The highest BCUT2D eigenvalue weighted by Crippen LogP contribution is 2.27. The van der Waals surface area contributed by atoms with E-state index in [1.165, 1.54) is 11.3 Å². The monoisotopic (exact) mass is 222 g/mol. The third-order valence-electron chi connectivity index (χ3n) is 2.30. The lowest BCUT2D eigenvalue weighted by molar-refractivity contribution is -0.138. The van der Waals surface area contributed by atoms with Gasteiger partial charge in [-0.3, -0.25) is 4.79 Å². The summed E-state index contributed by atoms with van der Waals surface area (Å²) in [5, 5.41) is 9.38. The number of anilines is 1. The number of carboxylic acids is 1. The minimum Gasteiger partial charge on any atom is -0.481 e. The van der Waals surface area contributed by atoms with Crippen molar-refractivity contribution in [2.24, 2.45) is 0 Å². The molecule has 0 saturated heterocycles. The number of hydrogen-bond acceptors (Lipinski definition) is 4. The molecule has 1 aromatic heterocycles. The van der Waals surface area contributed by atoms with E-state index >= 15 is 0 Å². The largest absolute Gasteiger partial charge is 0.481 e. The average Bonchev–Trinajstić information content (AvgIpc) is 2.55. The molecule has 1 atom stereocenters. The molecule has 1 aromatic carbocycles. The van der Waals surface area contributed by atoms with Gasteiger partial charge in [-0.25, -0.2) is 4.98 Å². The summed E-state index contributed by atoms with van der Waals surface area (Å²) in [5.74, 6) is -1.33. The zero-order valence-electron chi connectivity index (χ0n) is 8.10. The molecule has 0 saturated carbocycles. The highest BCUT2D eigenvalue weighted by atomic mass is 32.1. The maximum Gasteiger partial charge on any atom is 0.310 e. The molecule has 2 aromatic rings. The number of benzene rings is 1. The summed E-state index contributed by atoms with van der Waals surface area (Å²) in [6, 6.07) is 5.42. The third-order valence-corrected chi connectivity index (χ3v) is 3.15. The van der Waals surface area contributed by atoms with Crippen molar-refractivity contribution in [3.8, 4) is 0 Å². The predicted molar refractivity (Wildman–Crippen MR) is 60.1 cm³/mol. The van der Waals surface area contributed by atoms with Crippen LogP contribution in [-0.4, -0.2) is 16.1 Å². The number of fused-ring (bicyclic) bond motifs is 1. The van der Waals surface area contributed by atoms with Crippen LogP contribution >= 0.6 is 11.3 Å². The highest BCUT2D eigenvalue weighted by molar-refractivity contribution is 7.22. The molecule has 0 unspecified atom stereocenters. The fourth-order valence-electron chi connectivity index (χ4n) is 1.37. The van der Waals surface area contributed by atoms with Crippen LogP contribution in [0, 0.1) is 0 Å². The van der Waals surface area contributed by atoms with Gasteiger partial charge in [0.15, 0.2) is 5.13 Å². The standard InChI is InChI=1S/C10H10N2O2S/c1-5(9(13)14)6-2-3-7-8(4-6)15-10(11)12-7/h2-5H,1H3,(H2,11,12)(H,13,14)/t5-/m0/s1. The normalized spacial score (nSPS) is 12.9. The van der Waals surface area contributed by atoms with Crippen molar-refractivity contribution >= 4 is 32.7 Å². The Morgan fingerprint density at radius 3 is 3.00 bits per heavy atom. The lowest BCUT2D eigenvalue weighted by Gasteiger charge is -2.05. The summed E-state index contributed by atoms with van der Waals surface area (Å²) in [7, 11) is 0. The van der Waals surface area contributed by atoms with Gasteiger partial charge in [-0.15, -0.1) is 0 Å². The van der Waals surface area contributed by atoms with Gasteiger partial charge >= 0.3 is 5.97 Å². The minimum absolute atomic E-state index is 0.502. The van der Waals surface area contributed by atoms with Gasteiger partial charge < -0.3 is 10.8 Å². The van der Waals surface area contributed by atoms with Gasteiger partial charge in [-0.05, 0) is 24.6 Å². The maximum atomic E-state index is 10.8. The number of aliphatic carboxylic acids is 1. The van der Waals surface area contributed by atoms with Crippen molar-refractivity contribution in [1.29, 1.82) is 0 Å². The van der Waals surface area contributed by atoms with E-state index in [1.807, 2.05) is 6.07 Å². The molecule has 0 aliphatic heterocycles. The Bertz CT molecular complexity index is 521. The number of carboxylic acid groups (broad SMARTS) is 1. The van der Waals surface area contributed by atoms with Crippen molar-refractivity contribution < 1.29 is 9.90 Å². The van der Waals surface area contributed by atoms with E-state index in [1.54, 1.807) is 19.1 Å². The number of nitrogen functional groups attached to an aromatic ring is 1. The zero-order chi connectivity index (χ0) is 11.0. The van der Waals surface area contributed by atoms with E-state index in [4.69, 9.17) is 10.8 Å². The molecule has 0 amide bonds. The number of aromatic nitrogens is 1. The Kier molecular flexibility index (Phi) is 2.32. The molecule has 0 bridgehead atoms. The lowest BCUT2D eigenvalue weighted by Crippen LogP contribution is -2.06. The number of rotatable bonds is 2. The molecule has 78 valence electrons. The number of nitrogens with zero attached hydrogens (tertiary/aromatic N) is 1. The molecule has 4 nitrogen and oxygen atoms in total. The van der Waals surface area contributed by atoms with E-state index in [9.17, 15) is 4.79 Å². The summed E-state index contributed by atoms with van der Waals surface area (Å²) in [6.45, 7) is 1.66. The van der Waals surface area contributed by atoms with Crippen molar-refractivity contribution in [3.05, 3.63) is 23.8 Å². The van der Waals surface area contributed by atoms with Gasteiger partial charge in [0.2, 0.25) is 0 Å². The number of thiazole rings is 1. The summed E-state index contributed by atoms with van der Waals surface area (Å²) in [5.41, 5.74) is 7.16. The van der Waals surface area contributed by atoms with Crippen LogP contribution in [0.25, 0.3) is 10.2 Å². The second-order valence-corrected chi connectivity index (χ2v) is 4.40. The number of hydrogen-bond donors (Lipinski definition) is 2. The quantitative estimate of drug-likeness (QED) is 0.815. The molecule has 3 N–H and O–H groups in total. The molecule has 0 aliphatic rings. The van der Waals surface area contributed by atoms with Crippen LogP contribution in [0.5, 0.6) is 0 Å². The van der Waals surface area contributed by atoms with Gasteiger partial charge in [-0.2, -0.15) is 0 Å². The summed E-state index contributed by atoms with van der Waals surface area (Å²) in [4.78, 5) is 14.9. The first kappa shape index (κ1) is 9.92. The molecule has 0 fully saturated rings. The van der Waals surface area contributed by atoms with Crippen molar-refractivity contribution in [2.45, 2.75) is 12.8 Å². The van der Waals surface area contributed by atoms with Crippen LogP contribution in [0.4, 0.5) is 5.13 Å². The molecule has 15 heavy (non-hydrogen) atoms. The Balaban J connectivity index is 2.50. The molecule has 5 heteroatoms. The van der Waals surface area contributed by atoms with Crippen LogP contribution in [0.15, 0.2) is 18.2 Å². The van der Waals surface area contributed by atoms with Crippen LogP contribution in [0.1, 0.15) is 18.4 Å². The van der Waals surface area contributed by atoms with Crippen LogP contribution in [-0.2, 0) is 4.79 Å². The van der Waals surface area contributed by atoms with Gasteiger partial charge in [0.05, 0.1) is 16.1 Å². The third kappa shape index (κ3) is 1.78. The van der Waals surface area contributed by atoms with Gasteiger partial charge in [0.25, 0.3) is 0 Å². The maximum absolute atomic E-state index is 10.8.